The van der Waals surface area contributed by atoms with Crippen molar-refractivity contribution in [3.05, 3.63) is 54.4 Å². The molecule has 6 nitrogen and oxygen atoms in total. The summed E-state index contributed by atoms with van der Waals surface area (Å²) in [6, 6.07) is 12.0. The van der Waals surface area contributed by atoms with Crippen molar-refractivity contribution < 1.29 is 14.3 Å². The van der Waals surface area contributed by atoms with Gasteiger partial charge in [0.15, 0.2) is 5.60 Å². The van der Waals surface area contributed by atoms with Crippen molar-refractivity contribution >= 4 is 11.8 Å². The fourth-order valence-corrected chi connectivity index (χ4v) is 4.02. The zero-order chi connectivity index (χ0) is 22.6. The number of likely N-dealkylation sites (N-methyl/N-ethyl adjacent to an activating group) is 1. The lowest BCUT2D eigenvalue weighted by atomic mass is 9.88. The molecule has 0 N–H and O–H groups in total. The van der Waals surface area contributed by atoms with Crippen LogP contribution < -0.4 is 0 Å². The minimum atomic E-state index is -1.09. The lowest BCUT2D eigenvalue weighted by Crippen LogP contribution is -2.62. The predicted octanol–water partition coefficient (Wildman–Crippen LogP) is 3.41. The summed E-state index contributed by atoms with van der Waals surface area (Å²) in [7, 11) is 3.47. The summed E-state index contributed by atoms with van der Waals surface area (Å²) in [6.07, 6.45) is 4.38. The maximum Gasteiger partial charge on any atom is 0.256 e. The first kappa shape index (κ1) is 22.9. The van der Waals surface area contributed by atoms with Gasteiger partial charge in [0.25, 0.3) is 5.91 Å². The minimum absolute atomic E-state index is 0.0669. The smallest absolute Gasteiger partial charge is 0.256 e. The Morgan fingerprint density at radius 1 is 1.13 bits per heavy atom. The van der Waals surface area contributed by atoms with Gasteiger partial charge in [-0.1, -0.05) is 45.0 Å². The standard InChI is InChI=1S/C25H33N3O3/c1-24(2,3)17-22(29)28-13-14-31-25(18-28,23(30)27(4)5)16-19-7-6-8-21(15-19)20-9-11-26-12-10-20/h6-12,15H,13-14,16-18H2,1-5H3/t25-/m0/s1. The van der Waals surface area contributed by atoms with E-state index in [2.05, 4.69) is 11.1 Å². The van der Waals surface area contributed by atoms with Crippen LogP contribution in [-0.2, 0) is 20.7 Å². The SMILES string of the molecule is CN(C)C(=O)[C@]1(Cc2cccc(-c3ccncc3)c2)CN(C(=O)CC(C)(C)C)CCO1. The van der Waals surface area contributed by atoms with E-state index in [0.29, 0.717) is 26.0 Å². The van der Waals surface area contributed by atoms with E-state index in [-0.39, 0.29) is 23.8 Å². The number of hydrogen-bond donors (Lipinski definition) is 0. The number of carbonyl (C=O) groups excluding carboxylic acids is 2. The van der Waals surface area contributed by atoms with Gasteiger partial charge < -0.3 is 14.5 Å². The Morgan fingerprint density at radius 3 is 2.48 bits per heavy atom. The van der Waals surface area contributed by atoms with E-state index in [1.165, 1.54) is 0 Å². The molecule has 1 aliphatic rings. The summed E-state index contributed by atoms with van der Waals surface area (Å²) in [4.78, 5) is 33.6. The summed E-state index contributed by atoms with van der Waals surface area (Å²) in [5.41, 5.74) is 1.92. The summed E-state index contributed by atoms with van der Waals surface area (Å²) in [6.45, 7) is 7.27. The normalized spacial score (nSPS) is 19.2. The molecular weight excluding hydrogens is 390 g/mol. The van der Waals surface area contributed by atoms with E-state index >= 15 is 0 Å². The van der Waals surface area contributed by atoms with Crippen molar-refractivity contribution in [2.45, 2.75) is 39.2 Å². The molecular formula is C25H33N3O3. The third-order valence-electron chi connectivity index (χ3n) is 5.45. The zero-order valence-electron chi connectivity index (χ0n) is 19.2. The van der Waals surface area contributed by atoms with Crippen LogP contribution in [0.2, 0.25) is 0 Å². The number of ether oxygens (including phenoxy) is 1. The van der Waals surface area contributed by atoms with Gasteiger partial charge in [-0.3, -0.25) is 14.6 Å². The van der Waals surface area contributed by atoms with Crippen molar-refractivity contribution in [2.75, 3.05) is 33.8 Å². The highest BCUT2D eigenvalue weighted by Crippen LogP contribution is 2.29. The highest BCUT2D eigenvalue weighted by molar-refractivity contribution is 5.87. The molecule has 1 fully saturated rings. The molecule has 0 unspecified atom stereocenters. The number of aromatic nitrogens is 1. The van der Waals surface area contributed by atoms with Gasteiger partial charge in [-0.2, -0.15) is 0 Å². The Bertz CT molecular complexity index is 921. The van der Waals surface area contributed by atoms with E-state index < -0.39 is 5.60 Å². The second kappa shape index (κ2) is 9.18. The molecule has 3 rings (SSSR count). The molecule has 166 valence electrons. The van der Waals surface area contributed by atoms with Gasteiger partial charge >= 0.3 is 0 Å². The number of pyridine rings is 1. The molecule has 0 saturated carbocycles. The van der Waals surface area contributed by atoms with Gasteiger partial charge in [-0.15, -0.1) is 0 Å². The summed E-state index contributed by atoms with van der Waals surface area (Å²) < 4.78 is 6.15. The molecule has 1 saturated heterocycles. The van der Waals surface area contributed by atoms with Gasteiger partial charge in [0.2, 0.25) is 5.91 Å². The largest absolute Gasteiger partial charge is 0.361 e. The zero-order valence-corrected chi connectivity index (χ0v) is 19.2. The number of morpholine rings is 1. The van der Waals surface area contributed by atoms with Gasteiger partial charge in [-0.05, 0) is 34.2 Å². The number of rotatable bonds is 5. The van der Waals surface area contributed by atoms with Crippen LogP contribution in [0.1, 0.15) is 32.8 Å². The van der Waals surface area contributed by atoms with Crippen LogP contribution in [0.15, 0.2) is 48.8 Å². The molecule has 1 aliphatic heterocycles. The van der Waals surface area contributed by atoms with Crippen molar-refractivity contribution in [1.82, 2.24) is 14.8 Å². The van der Waals surface area contributed by atoms with Crippen LogP contribution in [-0.4, -0.2) is 66.0 Å². The van der Waals surface area contributed by atoms with Crippen molar-refractivity contribution in [3.63, 3.8) is 0 Å². The second-order valence-electron chi connectivity index (χ2n) is 9.71. The Hall–Kier alpha value is -2.73. The highest BCUT2D eigenvalue weighted by atomic mass is 16.5. The molecule has 31 heavy (non-hydrogen) atoms. The molecule has 0 spiro atoms. The maximum atomic E-state index is 13.3. The van der Waals surface area contributed by atoms with Gasteiger partial charge in [-0.25, -0.2) is 0 Å². The molecule has 0 aliphatic carbocycles. The van der Waals surface area contributed by atoms with Gasteiger partial charge in [0, 0.05) is 45.9 Å². The number of amides is 2. The average Bonchev–Trinajstić information content (AvgIpc) is 2.73. The molecule has 1 atom stereocenters. The summed E-state index contributed by atoms with van der Waals surface area (Å²) >= 11 is 0. The molecule has 6 heteroatoms. The Labute approximate surface area is 185 Å². The summed E-state index contributed by atoms with van der Waals surface area (Å²) in [5.74, 6) is -0.0488. The number of nitrogens with zero attached hydrogens (tertiary/aromatic N) is 3. The molecule has 1 aromatic carbocycles. The molecule has 0 radical (unpaired) electrons. The third-order valence-corrected chi connectivity index (χ3v) is 5.45. The third kappa shape index (κ3) is 5.70. The van der Waals surface area contributed by atoms with E-state index in [0.717, 1.165) is 16.7 Å². The summed E-state index contributed by atoms with van der Waals surface area (Å²) in [5, 5.41) is 0. The van der Waals surface area contributed by atoms with Crippen LogP contribution in [0.5, 0.6) is 0 Å². The van der Waals surface area contributed by atoms with Crippen LogP contribution in [0.4, 0.5) is 0 Å². The lowest BCUT2D eigenvalue weighted by Gasteiger charge is -2.43. The Morgan fingerprint density at radius 2 is 1.84 bits per heavy atom. The first-order valence-electron chi connectivity index (χ1n) is 10.7. The lowest BCUT2D eigenvalue weighted by molar-refractivity contribution is -0.173. The Kier molecular flexibility index (Phi) is 6.80. The molecule has 0 bridgehead atoms. The molecule has 1 aromatic heterocycles. The fourth-order valence-electron chi connectivity index (χ4n) is 4.02. The van der Waals surface area contributed by atoms with Crippen molar-refractivity contribution in [2.24, 2.45) is 5.41 Å². The average molecular weight is 424 g/mol. The van der Waals surface area contributed by atoms with Gasteiger partial charge in [0.05, 0.1) is 13.2 Å². The molecule has 2 heterocycles. The number of benzene rings is 1. The maximum absolute atomic E-state index is 13.3. The molecule has 2 amide bonds. The van der Waals surface area contributed by atoms with Gasteiger partial charge in [0.1, 0.15) is 0 Å². The number of hydrogen-bond acceptors (Lipinski definition) is 4. The second-order valence-corrected chi connectivity index (χ2v) is 9.71. The molecule has 2 aromatic rings. The predicted molar refractivity (Wildman–Crippen MR) is 121 cm³/mol. The van der Waals surface area contributed by atoms with Crippen LogP contribution in [0.25, 0.3) is 11.1 Å². The van der Waals surface area contributed by atoms with E-state index in [4.69, 9.17) is 4.74 Å². The van der Waals surface area contributed by atoms with Crippen molar-refractivity contribution in [1.29, 1.82) is 0 Å². The van der Waals surface area contributed by atoms with E-state index in [9.17, 15) is 9.59 Å². The Balaban J connectivity index is 1.89. The number of carbonyl (C=O) groups is 2. The van der Waals surface area contributed by atoms with Crippen LogP contribution in [0, 0.1) is 5.41 Å². The first-order chi connectivity index (χ1) is 14.6. The van der Waals surface area contributed by atoms with Crippen LogP contribution in [0.3, 0.4) is 0 Å². The van der Waals surface area contributed by atoms with Crippen LogP contribution >= 0.6 is 0 Å². The first-order valence-corrected chi connectivity index (χ1v) is 10.7. The minimum Gasteiger partial charge on any atom is -0.361 e. The fraction of sp³-hybridized carbons (Fsp3) is 0.480. The highest BCUT2D eigenvalue weighted by Gasteiger charge is 2.46. The monoisotopic (exact) mass is 423 g/mol. The van der Waals surface area contributed by atoms with Crippen molar-refractivity contribution in [3.8, 4) is 11.1 Å². The topological polar surface area (TPSA) is 62.7 Å². The quantitative estimate of drug-likeness (QED) is 0.739. The van der Waals surface area contributed by atoms with E-state index in [1.54, 1.807) is 36.3 Å². The van der Waals surface area contributed by atoms with E-state index in [1.807, 2.05) is 51.1 Å².